The number of carbonyl (C=O) groups is 3. The molecule has 4 aromatic rings. The second kappa shape index (κ2) is 12.7. The molecule has 2 aliphatic rings. The molecular formula is C36H39N5O5. The highest BCUT2D eigenvalue weighted by atomic mass is 16.5. The Hall–Kier alpha value is -5.09. The Labute approximate surface area is 268 Å². The van der Waals surface area contributed by atoms with Crippen molar-refractivity contribution in [2.75, 3.05) is 44.9 Å². The number of allylic oxidation sites excluding steroid dienone is 1. The van der Waals surface area contributed by atoms with Gasteiger partial charge in [-0.05, 0) is 108 Å². The molecule has 1 saturated heterocycles. The number of hydrogen-bond acceptors (Lipinski definition) is 6. The van der Waals surface area contributed by atoms with E-state index in [1.807, 2.05) is 30.0 Å². The maximum atomic E-state index is 13.4. The number of aromatic nitrogens is 1. The van der Waals surface area contributed by atoms with Crippen LogP contribution in [0.25, 0.3) is 17.0 Å². The number of rotatable bonds is 7. The van der Waals surface area contributed by atoms with Crippen molar-refractivity contribution in [3.05, 3.63) is 88.8 Å². The molecule has 0 saturated carbocycles. The molecule has 1 fully saturated rings. The predicted molar refractivity (Wildman–Crippen MR) is 180 cm³/mol. The smallest absolute Gasteiger partial charge is 0.323 e. The van der Waals surface area contributed by atoms with Crippen LogP contribution in [0.2, 0.25) is 0 Å². The third-order valence-electron chi connectivity index (χ3n) is 8.97. The van der Waals surface area contributed by atoms with E-state index in [-0.39, 0.29) is 17.4 Å². The molecule has 3 heterocycles. The first-order valence-corrected chi connectivity index (χ1v) is 15.6. The van der Waals surface area contributed by atoms with Gasteiger partial charge in [-0.2, -0.15) is 0 Å². The number of Topliss-reactive ketones (excluding diaryl/α,β-unsaturated/α-hetero) is 1. The number of likely N-dealkylation sites (tertiary alicyclic amines) is 1. The monoisotopic (exact) mass is 621 g/mol. The fourth-order valence-electron chi connectivity index (χ4n) is 6.36. The van der Waals surface area contributed by atoms with Crippen molar-refractivity contribution in [3.8, 4) is 11.5 Å². The van der Waals surface area contributed by atoms with Gasteiger partial charge in [0, 0.05) is 64.8 Å². The predicted octanol–water partition coefficient (Wildman–Crippen LogP) is 6.40. The van der Waals surface area contributed by atoms with Gasteiger partial charge in [0.15, 0.2) is 5.76 Å². The molecule has 0 bridgehead atoms. The number of ether oxygens (including phenoxy) is 2. The minimum absolute atomic E-state index is 0.00217. The van der Waals surface area contributed by atoms with E-state index in [4.69, 9.17) is 9.47 Å². The minimum atomic E-state index is -0.469. The number of piperidine rings is 1. The van der Waals surface area contributed by atoms with Crippen molar-refractivity contribution < 1.29 is 23.9 Å². The maximum absolute atomic E-state index is 13.4. The van der Waals surface area contributed by atoms with Gasteiger partial charge in [0.2, 0.25) is 5.78 Å². The van der Waals surface area contributed by atoms with E-state index >= 15 is 0 Å². The van der Waals surface area contributed by atoms with Crippen molar-refractivity contribution >= 4 is 46.1 Å². The van der Waals surface area contributed by atoms with Crippen molar-refractivity contribution in [1.82, 2.24) is 14.4 Å². The molecule has 10 nitrogen and oxygen atoms in total. The van der Waals surface area contributed by atoms with E-state index in [0.29, 0.717) is 34.3 Å². The van der Waals surface area contributed by atoms with Gasteiger partial charge in [0.1, 0.15) is 11.5 Å². The van der Waals surface area contributed by atoms with Gasteiger partial charge in [-0.3, -0.25) is 9.59 Å². The zero-order valence-corrected chi connectivity index (χ0v) is 26.8. The number of hydrogen-bond donors (Lipinski definition) is 2. The molecule has 0 unspecified atom stereocenters. The molecule has 10 heteroatoms. The maximum Gasteiger partial charge on any atom is 0.323 e. The second-order valence-corrected chi connectivity index (χ2v) is 11.9. The first kappa shape index (κ1) is 30.9. The van der Waals surface area contributed by atoms with Crippen molar-refractivity contribution in [3.63, 3.8) is 0 Å². The summed E-state index contributed by atoms with van der Waals surface area (Å²) in [6, 6.07) is 17.8. The lowest BCUT2D eigenvalue weighted by Crippen LogP contribution is -2.44. The Balaban J connectivity index is 1.11. The van der Waals surface area contributed by atoms with Gasteiger partial charge in [-0.15, -0.1) is 0 Å². The highest BCUT2D eigenvalue weighted by molar-refractivity contribution is 6.16. The fraction of sp³-hybridized carbons (Fsp3) is 0.306. The largest absolute Gasteiger partial charge is 0.497 e. The molecule has 3 aromatic carbocycles. The topological polar surface area (TPSA) is 105 Å². The Bertz CT molecular complexity index is 1850. The Kier molecular flexibility index (Phi) is 8.55. The molecular weight excluding hydrogens is 582 g/mol. The van der Waals surface area contributed by atoms with Crippen LogP contribution in [-0.4, -0.2) is 72.4 Å². The van der Waals surface area contributed by atoms with Gasteiger partial charge in [0.25, 0.3) is 5.91 Å². The van der Waals surface area contributed by atoms with Crippen molar-refractivity contribution in [1.29, 1.82) is 0 Å². The summed E-state index contributed by atoms with van der Waals surface area (Å²) in [6.45, 7) is 6.35. The van der Waals surface area contributed by atoms with Gasteiger partial charge in [-0.25, -0.2) is 4.79 Å². The average Bonchev–Trinajstić information content (AvgIpc) is 3.52. The molecule has 2 aliphatic heterocycles. The van der Waals surface area contributed by atoms with Gasteiger partial charge in [-0.1, -0.05) is 0 Å². The van der Waals surface area contributed by atoms with Crippen LogP contribution in [0.1, 0.15) is 51.7 Å². The number of anilines is 2. The number of carbonyl (C=O) groups excluding carboxylic acids is 3. The van der Waals surface area contributed by atoms with Crippen LogP contribution in [0, 0.1) is 6.92 Å². The lowest BCUT2D eigenvalue weighted by atomic mass is 10.0. The molecule has 238 valence electrons. The summed E-state index contributed by atoms with van der Waals surface area (Å²) in [4.78, 5) is 43.3. The fourth-order valence-corrected chi connectivity index (χ4v) is 6.36. The average molecular weight is 622 g/mol. The van der Waals surface area contributed by atoms with Gasteiger partial charge < -0.3 is 34.5 Å². The van der Waals surface area contributed by atoms with Crippen LogP contribution in [0.3, 0.4) is 0 Å². The van der Waals surface area contributed by atoms with E-state index in [1.54, 1.807) is 55.7 Å². The van der Waals surface area contributed by atoms with Crippen LogP contribution < -0.4 is 20.1 Å². The van der Waals surface area contributed by atoms with Crippen molar-refractivity contribution in [2.24, 2.45) is 0 Å². The number of benzene rings is 3. The zero-order chi connectivity index (χ0) is 32.5. The van der Waals surface area contributed by atoms with E-state index in [9.17, 15) is 14.4 Å². The number of nitrogens with one attached hydrogen (secondary N) is 2. The summed E-state index contributed by atoms with van der Waals surface area (Å²) >= 11 is 0. The summed E-state index contributed by atoms with van der Waals surface area (Å²) in [6.07, 6.45) is 3.69. The Morgan fingerprint density at radius 2 is 1.70 bits per heavy atom. The standard InChI is InChI=1S/C36H39N5O5/c1-6-41-22(2)28(29-20-27(45-5)12-13-31(29)41)21-33-34(42)30-19-25(11-14-32(30)46-33)38-36(44)37-24-9-7-23(8-10-24)35(43)40-17-15-26(16-18-40)39(3)4/h7-14,19-21,26H,6,15-18H2,1-5H3,(H2,37,38,44)/b33-21-. The van der Waals surface area contributed by atoms with E-state index in [1.165, 1.54) is 0 Å². The number of methoxy groups -OCH3 is 1. The molecule has 1 aromatic heterocycles. The number of nitrogens with zero attached hydrogens (tertiary/aromatic N) is 3. The van der Waals surface area contributed by atoms with Crippen LogP contribution >= 0.6 is 0 Å². The minimum Gasteiger partial charge on any atom is -0.497 e. The lowest BCUT2D eigenvalue weighted by molar-refractivity contribution is 0.0663. The number of urea groups is 1. The molecule has 3 amide bonds. The summed E-state index contributed by atoms with van der Waals surface area (Å²) in [5.41, 5.74) is 4.92. The van der Waals surface area contributed by atoms with Crippen LogP contribution in [0.15, 0.2) is 66.4 Å². The first-order valence-electron chi connectivity index (χ1n) is 15.6. The number of amides is 3. The van der Waals surface area contributed by atoms with Gasteiger partial charge in [0.05, 0.1) is 12.7 Å². The second-order valence-electron chi connectivity index (χ2n) is 11.9. The summed E-state index contributed by atoms with van der Waals surface area (Å²) in [7, 11) is 5.78. The summed E-state index contributed by atoms with van der Waals surface area (Å²) < 4.78 is 13.6. The van der Waals surface area contributed by atoms with Gasteiger partial charge >= 0.3 is 6.03 Å². The number of fused-ring (bicyclic) bond motifs is 2. The summed E-state index contributed by atoms with van der Waals surface area (Å²) in [5, 5.41) is 6.56. The molecule has 2 N–H and O–H groups in total. The number of aryl methyl sites for hydroxylation is 1. The third-order valence-corrected chi connectivity index (χ3v) is 8.97. The molecule has 46 heavy (non-hydrogen) atoms. The van der Waals surface area contributed by atoms with Crippen molar-refractivity contribution in [2.45, 2.75) is 39.3 Å². The molecule has 0 atom stereocenters. The highest BCUT2D eigenvalue weighted by Gasteiger charge is 2.29. The SMILES string of the molecule is CCn1c(C)c(/C=C2\Oc3ccc(NC(=O)Nc4ccc(C(=O)N5CCC(N(C)C)CC5)cc4)cc3C2=O)c2cc(OC)ccc21. The van der Waals surface area contributed by atoms with E-state index < -0.39 is 6.03 Å². The summed E-state index contributed by atoms with van der Waals surface area (Å²) in [5.74, 6) is 1.12. The van der Waals surface area contributed by atoms with Crippen LogP contribution in [0.4, 0.5) is 16.2 Å². The third kappa shape index (κ3) is 5.95. The molecule has 0 spiro atoms. The molecule has 0 radical (unpaired) electrons. The normalized spacial score (nSPS) is 15.7. The van der Waals surface area contributed by atoms with E-state index in [0.717, 1.165) is 60.4 Å². The number of ketones is 1. The van der Waals surface area contributed by atoms with Crippen LogP contribution in [-0.2, 0) is 6.54 Å². The lowest BCUT2D eigenvalue weighted by Gasteiger charge is -2.35. The van der Waals surface area contributed by atoms with Crippen LogP contribution in [0.5, 0.6) is 11.5 Å². The Morgan fingerprint density at radius 1 is 1.00 bits per heavy atom. The highest BCUT2D eigenvalue weighted by Crippen LogP contribution is 2.37. The molecule has 0 aliphatic carbocycles. The first-order chi connectivity index (χ1) is 22.2. The van der Waals surface area contributed by atoms with E-state index in [2.05, 4.69) is 41.1 Å². The zero-order valence-electron chi connectivity index (χ0n) is 26.8. The Morgan fingerprint density at radius 3 is 2.37 bits per heavy atom. The molecule has 6 rings (SSSR count). The quantitative estimate of drug-likeness (QED) is 0.231.